The van der Waals surface area contributed by atoms with Crippen molar-refractivity contribution in [1.29, 1.82) is 0 Å². The molecule has 0 saturated heterocycles. The third kappa shape index (κ3) is 3.23. The normalized spacial score (nSPS) is 12.7. The van der Waals surface area contributed by atoms with Crippen LogP contribution in [0.5, 0.6) is 0 Å². The summed E-state index contributed by atoms with van der Waals surface area (Å²) >= 11 is 13.9. The summed E-state index contributed by atoms with van der Waals surface area (Å²) in [5, 5.41) is 7.85. The predicted octanol–water partition coefficient (Wildman–Crippen LogP) is 4.26. The SMILES string of the molecule is CNC(Cc1csc(C)n1)c1cc(Cl)ccc1Cl. The molecule has 96 valence electrons. The van der Waals surface area contributed by atoms with Gasteiger partial charge in [-0.3, -0.25) is 0 Å². The van der Waals surface area contributed by atoms with E-state index in [4.69, 9.17) is 23.2 Å². The Morgan fingerprint density at radius 3 is 2.78 bits per heavy atom. The first-order valence-electron chi connectivity index (χ1n) is 5.63. The molecule has 2 nitrogen and oxygen atoms in total. The highest BCUT2D eigenvalue weighted by molar-refractivity contribution is 7.09. The molecule has 0 aliphatic rings. The highest BCUT2D eigenvalue weighted by Crippen LogP contribution is 2.28. The lowest BCUT2D eigenvalue weighted by Gasteiger charge is -2.17. The quantitative estimate of drug-likeness (QED) is 0.912. The maximum Gasteiger partial charge on any atom is 0.0897 e. The van der Waals surface area contributed by atoms with Gasteiger partial charge in [0.1, 0.15) is 0 Å². The molecule has 0 aliphatic heterocycles. The fourth-order valence-corrected chi connectivity index (χ4v) is 2.92. The first-order valence-corrected chi connectivity index (χ1v) is 7.27. The number of aryl methyl sites for hydroxylation is 1. The van der Waals surface area contributed by atoms with Crippen LogP contribution >= 0.6 is 34.5 Å². The highest BCUT2D eigenvalue weighted by Gasteiger charge is 2.15. The van der Waals surface area contributed by atoms with Crippen LogP contribution in [-0.2, 0) is 6.42 Å². The van der Waals surface area contributed by atoms with Crippen molar-refractivity contribution >= 4 is 34.5 Å². The Kier molecular flexibility index (Phi) is 4.62. The molecule has 0 aliphatic carbocycles. The standard InChI is InChI=1S/C13H14Cl2N2S/c1-8-17-10(7-18-8)6-13(16-2)11-5-9(14)3-4-12(11)15/h3-5,7,13,16H,6H2,1-2H3. The highest BCUT2D eigenvalue weighted by atomic mass is 35.5. The van der Waals surface area contributed by atoms with Crippen molar-refractivity contribution in [3.8, 4) is 0 Å². The van der Waals surface area contributed by atoms with Gasteiger partial charge in [0.05, 0.1) is 10.7 Å². The van der Waals surface area contributed by atoms with E-state index in [0.29, 0.717) is 5.02 Å². The van der Waals surface area contributed by atoms with Crippen molar-refractivity contribution in [2.75, 3.05) is 7.05 Å². The van der Waals surface area contributed by atoms with Crippen LogP contribution in [0.2, 0.25) is 10.0 Å². The second-order valence-corrected chi connectivity index (χ2v) is 5.97. The summed E-state index contributed by atoms with van der Waals surface area (Å²) < 4.78 is 0. The number of aromatic nitrogens is 1. The van der Waals surface area contributed by atoms with Gasteiger partial charge < -0.3 is 5.32 Å². The van der Waals surface area contributed by atoms with Crippen molar-refractivity contribution in [3.63, 3.8) is 0 Å². The van der Waals surface area contributed by atoms with Crippen LogP contribution in [0.15, 0.2) is 23.6 Å². The summed E-state index contributed by atoms with van der Waals surface area (Å²) in [6.45, 7) is 2.01. The van der Waals surface area contributed by atoms with Gasteiger partial charge in [0, 0.05) is 27.9 Å². The van der Waals surface area contributed by atoms with E-state index in [1.165, 1.54) is 0 Å². The number of nitrogens with zero attached hydrogens (tertiary/aromatic N) is 1. The second-order valence-electron chi connectivity index (χ2n) is 4.07. The fourth-order valence-electron chi connectivity index (χ4n) is 1.86. The van der Waals surface area contributed by atoms with E-state index >= 15 is 0 Å². The molecule has 0 amide bonds. The van der Waals surface area contributed by atoms with E-state index in [1.807, 2.05) is 26.1 Å². The number of hydrogen-bond donors (Lipinski definition) is 1. The van der Waals surface area contributed by atoms with Crippen molar-refractivity contribution in [2.24, 2.45) is 0 Å². The summed E-state index contributed by atoms with van der Waals surface area (Å²) in [4.78, 5) is 4.48. The van der Waals surface area contributed by atoms with E-state index in [0.717, 1.165) is 27.7 Å². The minimum absolute atomic E-state index is 0.123. The smallest absolute Gasteiger partial charge is 0.0897 e. The van der Waals surface area contributed by atoms with Crippen molar-refractivity contribution in [3.05, 3.63) is 49.9 Å². The molecule has 18 heavy (non-hydrogen) atoms. The van der Waals surface area contributed by atoms with E-state index in [9.17, 15) is 0 Å². The third-order valence-electron chi connectivity index (χ3n) is 2.76. The Morgan fingerprint density at radius 2 is 2.17 bits per heavy atom. The lowest BCUT2D eigenvalue weighted by molar-refractivity contribution is 0.586. The molecular formula is C13H14Cl2N2S. The molecule has 1 aromatic heterocycles. The third-order valence-corrected chi connectivity index (χ3v) is 4.16. The van der Waals surface area contributed by atoms with Crippen LogP contribution in [0.25, 0.3) is 0 Å². The molecule has 1 atom stereocenters. The molecule has 1 N–H and O–H groups in total. The lowest BCUT2D eigenvalue weighted by atomic mass is 10.0. The molecule has 1 heterocycles. The topological polar surface area (TPSA) is 24.9 Å². The van der Waals surface area contributed by atoms with Gasteiger partial charge in [-0.1, -0.05) is 23.2 Å². The minimum atomic E-state index is 0.123. The Hall–Kier alpha value is -0.610. The fraction of sp³-hybridized carbons (Fsp3) is 0.308. The molecule has 2 aromatic rings. The average molecular weight is 301 g/mol. The molecule has 5 heteroatoms. The van der Waals surface area contributed by atoms with Crippen LogP contribution in [0.4, 0.5) is 0 Å². The average Bonchev–Trinajstić information content (AvgIpc) is 2.75. The zero-order chi connectivity index (χ0) is 13.1. The number of thiazole rings is 1. The number of likely N-dealkylation sites (N-methyl/N-ethyl adjacent to an activating group) is 1. The van der Waals surface area contributed by atoms with Gasteiger partial charge in [0.15, 0.2) is 0 Å². The van der Waals surface area contributed by atoms with Gasteiger partial charge in [-0.2, -0.15) is 0 Å². The van der Waals surface area contributed by atoms with Crippen LogP contribution in [0, 0.1) is 6.92 Å². The predicted molar refractivity (Wildman–Crippen MR) is 78.8 cm³/mol. The van der Waals surface area contributed by atoms with Gasteiger partial charge in [0.25, 0.3) is 0 Å². The maximum atomic E-state index is 6.22. The second kappa shape index (κ2) is 6.02. The first-order chi connectivity index (χ1) is 8.60. The zero-order valence-corrected chi connectivity index (χ0v) is 12.5. The number of benzene rings is 1. The first kappa shape index (κ1) is 13.8. The Morgan fingerprint density at radius 1 is 1.39 bits per heavy atom. The summed E-state index contributed by atoms with van der Waals surface area (Å²) in [7, 11) is 1.92. The van der Waals surface area contributed by atoms with E-state index in [1.54, 1.807) is 17.4 Å². The van der Waals surface area contributed by atoms with Crippen LogP contribution < -0.4 is 5.32 Å². The largest absolute Gasteiger partial charge is 0.313 e. The van der Waals surface area contributed by atoms with Crippen molar-refractivity contribution in [1.82, 2.24) is 10.3 Å². The number of nitrogens with one attached hydrogen (secondary N) is 1. The molecule has 0 spiro atoms. The van der Waals surface area contributed by atoms with Gasteiger partial charge in [0.2, 0.25) is 0 Å². The van der Waals surface area contributed by atoms with E-state index in [-0.39, 0.29) is 6.04 Å². The molecule has 2 rings (SSSR count). The van der Waals surface area contributed by atoms with Gasteiger partial charge in [-0.15, -0.1) is 11.3 Å². The maximum absolute atomic E-state index is 6.22. The van der Waals surface area contributed by atoms with Gasteiger partial charge in [-0.05, 0) is 37.7 Å². The Balaban J connectivity index is 2.25. The van der Waals surface area contributed by atoms with E-state index in [2.05, 4.69) is 15.7 Å². The molecular weight excluding hydrogens is 287 g/mol. The summed E-state index contributed by atoms with van der Waals surface area (Å²) in [5.41, 5.74) is 2.09. The Bertz CT molecular complexity index is 540. The number of halogens is 2. The van der Waals surface area contributed by atoms with Crippen molar-refractivity contribution in [2.45, 2.75) is 19.4 Å². The summed E-state index contributed by atoms with van der Waals surface area (Å²) in [6.07, 6.45) is 0.806. The summed E-state index contributed by atoms with van der Waals surface area (Å²) in [6, 6.07) is 5.66. The Labute approximate surface area is 121 Å². The molecule has 0 radical (unpaired) electrons. The minimum Gasteiger partial charge on any atom is -0.313 e. The molecule has 1 aromatic carbocycles. The van der Waals surface area contributed by atoms with Crippen LogP contribution in [-0.4, -0.2) is 12.0 Å². The van der Waals surface area contributed by atoms with Crippen LogP contribution in [0.1, 0.15) is 22.3 Å². The zero-order valence-electron chi connectivity index (χ0n) is 10.2. The summed E-state index contributed by atoms with van der Waals surface area (Å²) in [5.74, 6) is 0. The molecule has 0 fully saturated rings. The molecule has 0 bridgehead atoms. The lowest BCUT2D eigenvalue weighted by Crippen LogP contribution is -2.19. The van der Waals surface area contributed by atoms with E-state index < -0.39 is 0 Å². The molecule has 1 unspecified atom stereocenters. The van der Waals surface area contributed by atoms with Gasteiger partial charge in [-0.25, -0.2) is 4.98 Å². The molecule has 0 saturated carbocycles. The van der Waals surface area contributed by atoms with Crippen molar-refractivity contribution < 1.29 is 0 Å². The van der Waals surface area contributed by atoms with Crippen LogP contribution in [0.3, 0.4) is 0 Å². The number of rotatable bonds is 4. The number of hydrogen-bond acceptors (Lipinski definition) is 3. The monoisotopic (exact) mass is 300 g/mol. The van der Waals surface area contributed by atoms with Gasteiger partial charge >= 0.3 is 0 Å².